The number of anilines is 2. The Bertz CT molecular complexity index is 1590. The van der Waals surface area contributed by atoms with E-state index in [1.54, 1.807) is 6.33 Å². The molecule has 3 heterocycles. The number of benzene rings is 3. The Hall–Kier alpha value is -3.94. The second kappa shape index (κ2) is 13.8. The summed E-state index contributed by atoms with van der Waals surface area (Å²) >= 11 is 0. The fourth-order valence-electron chi connectivity index (χ4n) is 5.80. The molecule has 0 unspecified atom stereocenters. The van der Waals surface area contributed by atoms with Crippen LogP contribution in [-0.2, 0) is 0 Å². The minimum atomic E-state index is 0. The number of aryl methyl sites for hydroxylation is 1. The van der Waals surface area contributed by atoms with Gasteiger partial charge in [0.1, 0.15) is 12.2 Å². The normalized spacial score (nSPS) is 14.0. The van der Waals surface area contributed by atoms with Crippen LogP contribution >= 0.6 is 12.4 Å². The second-order valence-corrected chi connectivity index (χ2v) is 10.9. The molecule has 3 aromatic carbocycles. The van der Waals surface area contributed by atoms with Crippen molar-refractivity contribution in [2.75, 3.05) is 49.5 Å². The highest BCUT2D eigenvalue weighted by Crippen LogP contribution is 2.30. The second-order valence-electron chi connectivity index (χ2n) is 10.9. The van der Waals surface area contributed by atoms with Crippen molar-refractivity contribution in [2.24, 2.45) is 0 Å². The molecule has 1 N–H and O–H groups in total. The summed E-state index contributed by atoms with van der Waals surface area (Å²) in [7, 11) is 0. The third-order valence-corrected chi connectivity index (χ3v) is 8.19. The molecule has 7 nitrogen and oxygen atoms in total. The molecule has 42 heavy (non-hydrogen) atoms. The van der Waals surface area contributed by atoms with Crippen molar-refractivity contribution in [3.05, 3.63) is 96.3 Å². The minimum Gasteiger partial charge on any atom is -0.370 e. The van der Waals surface area contributed by atoms with Gasteiger partial charge in [0.05, 0.1) is 0 Å². The average Bonchev–Trinajstić information content (AvgIpc) is 3.26. The predicted octanol–water partition coefficient (Wildman–Crippen LogP) is 6.93. The number of unbranched alkanes of at least 4 members (excludes halogenated alkanes) is 1. The summed E-state index contributed by atoms with van der Waals surface area (Å²) in [5.41, 5.74) is 7.88. The largest absolute Gasteiger partial charge is 0.370 e. The standard InChI is InChI=1S/C34H39N7.ClH/c1-26-13-11-18-30(27(26)2)40-22-12-21-39(23-24-40)20-10-9-19-35-32-31-34(37-25-36-32)41(29-16-7-4-8-17-29)33(38-31)28-14-5-3-6-15-28;/h3-8,11,13-18,25H,9-10,12,19-24H2,1-2H3,(H,35,36,37);1H. The van der Waals surface area contributed by atoms with Crippen LogP contribution in [0.15, 0.2) is 85.2 Å². The van der Waals surface area contributed by atoms with Crippen molar-refractivity contribution < 1.29 is 0 Å². The average molecular weight is 582 g/mol. The van der Waals surface area contributed by atoms with Crippen molar-refractivity contribution in [1.82, 2.24) is 24.4 Å². The fourth-order valence-corrected chi connectivity index (χ4v) is 5.80. The first-order chi connectivity index (χ1) is 20.2. The lowest BCUT2D eigenvalue weighted by molar-refractivity contribution is 0.288. The topological polar surface area (TPSA) is 62.1 Å². The molecular formula is C34H40ClN7. The molecule has 1 fully saturated rings. The van der Waals surface area contributed by atoms with E-state index in [4.69, 9.17) is 4.98 Å². The molecule has 0 spiro atoms. The molecule has 2 aromatic heterocycles. The zero-order valence-corrected chi connectivity index (χ0v) is 25.4. The Balaban J connectivity index is 0.00000353. The van der Waals surface area contributed by atoms with Gasteiger partial charge in [-0.1, -0.05) is 60.7 Å². The van der Waals surface area contributed by atoms with Gasteiger partial charge in [-0.15, -0.1) is 12.4 Å². The summed E-state index contributed by atoms with van der Waals surface area (Å²) in [5, 5.41) is 3.57. The molecule has 0 amide bonds. The zero-order chi connectivity index (χ0) is 28.0. The van der Waals surface area contributed by atoms with E-state index in [1.807, 2.05) is 36.4 Å². The van der Waals surface area contributed by atoms with Gasteiger partial charge in [-0.2, -0.15) is 0 Å². The molecule has 0 atom stereocenters. The van der Waals surface area contributed by atoms with E-state index in [9.17, 15) is 0 Å². The lowest BCUT2D eigenvalue weighted by Crippen LogP contribution is -2.31. The summed E-state index contributed by atoms with van der Waals surface area (Å²) in [4.78, 5) is 19.5. The van der Waals surface area contributed by atoms with Crippen LogP contribution < -0.4 is 10.2 Å². The number of rotatable bonds is 9. The van der Waals surface area contributed by atoms with Crippen LogP contribution in [-0.4, -0.2) is 63.7 Å². The van der Waals surface area contributed by atoms with E-state index < -0.39 is 0 Å². The lowest BCUT2D eigenvalue weighted by atomic mass is 10.1. The maximum Gasteiger partial charge on any atom is 0.170 e. The number of nitrogens with one attached hydrogen (secondary N) is 1. The Labute approximate surface area is 255 Å². The minimum absolute atomic E-state index is 0. The number of halogens is 1. The number of nitrogens with zero attached hydrogens (tertiary/aromatic N) is 6. The van der Waals surface area contributed by atoms with Gasteiger partial charge in [0.25, 0.3) is 0 Å². The van der Waals surface area contributed by atoms with Crippen LogP contribution in [0.3, 0.4) is 0 Å². The van der Waals surface area contributed by atoms with E-state index in [-0.39, 0.29) is 12.4 Å². The first-order valence-corrected chi connectivity index (χ1v) is 14.8. The van der Waals surface area contributed by atoms with Crippen molar-refractivity contribution >= 4 is 35.1 Å². The number of aromatic nitrogens is 4. The van der Waals surface area contributed by atoms with E-state index in [0.29, 0.717) is 0 Å². The highest BCUT2D eigenvalue weighted by Gasteiger charge is 2.19. The van der Waals surface area contributed by atoms with Crippen molar-refractivity contribution in [2.45, 2.75) is 33.1 Å². The molecular weight excluding hydrogens is 542 g/mol. The molecule has 218 valence electrons. The van der Waals surface area contributed by atoms with Crippen molar-refractivity contribution in [1.29, 1.82) is 0 Å². The van der Waals surface area contributed by atoms with Gasteiger partial charge in [0.15, 0.2) is 17.0 Å². The van der Waals surface area contributed by atoms with Crippen LogP contribution in [0, 0.1) is 13.8 Å². The van der Waals surface area contributed by atoms with Gasteiger partial charge in [0.2, 0.25) is 0 Å². The first-order valence-electron chi connectivity index (χ1n) is 14.8. The van der Waals surface area contributed by atoms with Gasteiger partial charge in [-0.3, -0.25) is 4.57 Å². The Morgan fingerprint density at radius 1 is 0.786 bits per heavy atom. The van der Waals surface area contributed by atoms with Crippen LogP contribution in [0.4, 0.5) is 11.5 Å². The Morgan fingerprint density at radius 3 is 2.38 bits per heavy atom. The molecule has 1 aliphatic rings. The Morgan fingerprint density at radius 2 is 1.57 bits per heavy atom. The zero-order valence-electron chi connectivity index (χ0n) is 24.5. The maximum absolute atomic E-state index is 5.05. The van der Waals surface area contributed by atoms with Gasteiger partial charge in [-0.25, -0.2) is 15.0 Å². The highest BCUT2D eigenvalue weighted by atomic mass is 35.5. The number of imidazole rings is 1. The number of hydrogen-bond donors (Lipinski definition) is 1. The SMILES string of the molecule is Cc1cccc(N2CCCN(CCCCNc3ncnc4c3nc(-c3ccccc3)n4-c3ccccc3)CC2)c1C.Cl. The quantitative estimate of drug-likeness (QED) is 0.191. The van der Waals surface area contributed by atoms with Crippen LogP contribution in [0.2, 0.25) is 0 Å². The van der Waals surface area contributed by atoms with Crippen LogP contribution in [0.25, 0.3) is 28.2 Å². The smallest absolute Gasteiger partial charge is 0.170 e. The molecule has 0 saturated carbocycles. The van der Waals surface area contributed by atoms with Crippen LogP contribution in [0.1, 0.15) is 30.4 Å². The van der Waals surface area contributed by atoms with Gasteiger partial charge in [-0.05, 0) is 75.5 Å². The summed E-state index contributed by atoms with van der Waals surface area (Å²) in [6.07, 6.45) is 5.07. The molecule has 5 aromatic rings. The van der Waals surface area contributed by atoms with E-state index in [1.165, 1.54) is 29.8 Å². The molecule has 0 aliphatic carbocycles. The van der Waals surface area contributed by atoms with E-state index in [0.717, 1.165) is 79.6 Å². The highest BCUT2D eigenvalue weighted by molar-refractivity contribution is 5.88. The van der Waals surface area contributed by atoms with Gasteiger partial charge >= 0.3 is 0 Å². The molecule has 0 radical (unpaired) electrons. The third-order valence-electron chi connectivity index (χ3n) is 8.19. The maximum atomic E-state index is 5.05. The summed E-state index contributed by atoms with van der Waals surface area (Å²) < 4.78 is 2.12. The van der Waals surface area contributed by atoms with E-state index >= 15 is 0 Å². The van der Waals surface area contributed by atoms with Gasteiger partial charge in [0, 0.05) is 43.1 Å². The number of para-hydroxylation sites is 1. The third kappa shape index (κ3) is 6.42. The monoisotopic (exact) mass is 581 g/mol. The lowest BCUT2D eigenvalue weighted by Gasteiger charge is -2.26. The molecule has 6 rings (SSSR count). The fraction of sp³-hybridized carbons (Fsp3) is 0.324. The number of fused-ring (bicyclic) bond motifs is 1. The molecule has 1 saturated heterocycles. The van der Waals surface area contributed by atoms with E-state index in [2.05, 4.69) is 86.0 Å². The summed E-state index contributed by atoms with van der Waals surface area (Å²) in [6, 6.07) is 27.3. The molecule has 8 heteroatoms. The predicted molar refractivity (Wildman–Crippen MR) is 176 cm³/mol. The first kappa shape index (κ1) is 29.5. The summed E-state index contributed by atoms with van der Waals surface area (Å²) in [5.74, 6) is 1.66. The molecule has 1 aliphatic heterocycles. The Kier molecular flexibility index (Phi) is 9.72. The van der Waals surface area contributed by atoms with Crippen LogP contribution in [0.5, 0.6) is 0 Å². The summed E-state index contributed by atoms with van der Waals surface area (Å²) in [6.45, 7) is 11.0. The number of hydrogen-bond acceptors (Lipinski definition) is 6. The van der Waals surface area contributed by atoms with Crippen molar-refractivity contribution in [3.63, 3.8) is 0 Å². The van der Waals surface area contributed by atoms with Gasteiger partial charge < -0.3 is 15.1 Å². The van der Waals surface area contributed by atoms with Crippen molar-refractivity contribution in [3.8, 4) is 17.1 Å². The molecule has 0 bridgehead atoms.